The first kappa shape index (κ1) is 16.2. The molecule has 2 atom stereocenters. The maximum Gasteiger partial charge on any atom is 0.417 e. The number of hydrogen-bond acceptors (Lipinski definition) is 3. The van der Waals surface area contributed by atoms with Crippen molar-refractivity contribution in [2.45, 2.75) is 56.8 Å². The molecule has 1 saturated carbocycles. The summed E-state index contributed by atoms with van der Waals surface area (Å²) in [7, 11) is 0. The van der Waals surface area contributed by atoms with Crippen molar-refractivity contribution in [3.8, 4) is 0 Å². The number of carboxylic acid groups (broad SMARTS) is 1. The number of halogens is 3. The van der Waals surface area contributed by atoms with Gasteiger partial charge < -0.3 is 10.2 Å². The molecule has 0 aromatic heterocycles. The van der Waals surface area contributed by atoms with E-state index in [0.29, 0.717) is 19.3 Å². The van der Waals surface area contributed by atoms with E-state index in [4.69, 9.17) is 5.11 Å². The van der Waals surface area contributed by atoms with Gasteiger partial charge in [0.15, 0.2) is 0 Å². The van der Waals surface area contributed by atoms with Gasteiger partial charge in [0.25, 0.3) is 0 Å². The molecule has 1 rings (SSSR count). The Balaban J connectivity index is 2.50. The third-order valence-electron chi connectivity index (χ3n) is 3.77. The summed E-state index contributed by atoms with van der Waals surface area (Å²) in [5, 5.41) is 20.3. The lowest BCUT2D eigenvalue weighted by Crippen LogP contribution is -2.61. The number of hydrogen-bond donors (Lipinski definition) is 3. The molecule has 1 aliphatic rings. The Bertz CT molecular complexity index is 316. The molecule has 0 amide bonds. The molecule has 112 valence electrons. The van der Waals surface area contributed by atoms with Gasteiger partial charge in [0.05, 0.1) is 6.10 Å². The zero-order chi connectivity index (χ0) is 14.7. The van der Waals surface area contributed by atoms with Gasteiger partial charge in [-0.15, -0.1) is 0 Å². The van der Waals surface area contributed by atoms with E-state index >= 15 is 0 Å². The van der Waals surface area contributed by atoms with Gasteiger partial charge in [-0.25, -0.2) is 4.79 Å². The van der Waals surface area contributed by atoms with Gasteiger partial charge in [0.1, 0.15) is 0 Å². The summed E-state index contributed by atoms with van der Waals surface area (Å²) in [6.45, 7) is 0.191. The fourth-order valence-electron chi connectivity index (χ4n) is 2.33. The average Bonchev–Trinajstić information content (AvgIpc) is 2.76. The van der Waals surface area contributed by atoms with Gasteiger partial charge in [-0.3, -0.25) is 5.32 Å². The summed E-state index contributed by atoms with van der Waals surface area (Å²) < 4.78 is 38.1. The van der Waals surface area contributed by atoms with Crippen LogP contribution in [-0.2, 0) is 4.79 Å². The number of aliphatic hydroxyl groups excluding tert-OH is 1. The highest BCUT2D eigenvalue weighted by atomic mass is 19.4. The molecule has 0 radical (unpaired) electrons. The van der Waals surface area contributed by atoms with Crippen LogP contribution in [0.15, 0.2) is 0 Å². The van der Waals surface area contributed by atoms with Crippen LogP contribution in [0.3, 0.4) is 0 Å². The molecular weight excluding hydrogens is 263 g/mol. The number of aliphatic carboxylic acids is 1. The Morgan fingerprint density at radius 3 is 2.32 bits per heavy atom. The third kappa shape index (κ3) is 4.07. The molecule has 0 aromatic carbocycles. The quantitative estimate of drug-likeness (QED) is 0.696. The molecule has 3 N–H and O–H groups in total. The minimum atomic E-state index is -4.91. The molecule has 1 aliphatic carbocycles. The van der Waals surface area contributed by atoms with Crippen LogP contribution in [0, 0.1) is 5.92 Å². The Labute approximate surface area is 110 Å². The lowest BCUT2D eigenvalue weighted by Gasteiger charge is -2.30. The van der Waals surface area contributed by atoms with Crippen molar-refractivity contribution >= 4 is 5.97 Å². The van der Waals surface area contributed by atoms with E-state index in [-0.39, 0.29) is 6.54 Å². The summed E-state index contributed by atoms with van der Waals surface area (Å²) in [6.07, 6.45) is -1.32. The van der Waals surface area contributed by atoms with Gasteiger partial charge in [-0.05, 0) is 19.3 Å². The standard InChI is InChI=1S/C12H20F3NO3/c1-11(10(18)19,12(13,14)15)16-7-9(17)6-8-4-2-3-5-8/h8-9,16-17H,2-7H2,1H3,(H,18,19). The predicted molar refractivity (Wildman–Crippen MR) is 62.7 cm³/mol. The van der Waals surface area contributed by atoms with E-state index in [1.54, 1.807) is 0 Å². The number of carbonyl (C=O) groups is 1. The van der Waals surface area contributed by atoms with Crippen molar-refractivity contribution in [3.05, 3.63) is 0 Å². The highest BCUT2D eigenvalue weighted by Gasteiger charge is 2.57. The van der Waals surface area contributed by atoms with E-state index in [9.17, 15) is 23.1 Å². The third-order valence-corrected chi connectivity index (χ3v) is 3.77. The number of rotatable bonds is 6. The van der Waals surface area contributed by atoms with Crippen LogP contribution in [0.4, 0.5) is 13.2 Å². The summed E-state index contributed by atoms with van der Waals surface area (Å²) >= 11 is 0. The molecule has 0 bridgehead atoms. The molecule has 1 fully saturated rings. The zero-order valence-electron chi connectivity index (χ0n) is 10.8. The number of alkyl halides is 3. The lowest BCUT2D eigenvalue weighted by atomic mass is 9.98. The molecule has 0 saturated heterocycles. The van der Waals surface area contributed by atoms with E-state index in [1.807, 2.05) is 5.32 Å². The molecule has 0 aromatic rings. The SMILES string of the molecule is CC(NCC(O)CC1CCCC1)(C(=O)O)C(F)(F)F. The Hall–Kier alpha value is -0.820. The molecule has 2 unspecified atom stereocenters. The second kappa shape index (κ2) is 6.09. The first-order valence-electron chi connectivity index (χ1n) is 6.40. The monoisotopic (exact) mass is 283 g/mol. The molecule has 7 heteroatoms. The number of carboxylic acids is 1. The largest absolute Gasteiger partial charge is 0.480 e. The van der Waals surface area contributed by atoms with Gasteiger partial charge in [0.2, 0.25) is 5.54 Å². The van der Waals surface area contributed by atoms with Crippen LogP contribution in [0.5, 0.6) is 0 Å². The molecular formula is C12H20F3NO3. The van der Waals surface area contributed by atoms with Crippen LogP contribution in [0.25, 0.3) is 0 Å². The maximum atomic E-state index is 12.7. The van der Waals surface area contributed by atoms with Crippen molar-refractivity contribution in [2.24, 2.45) is 5.92 Å². The zero-order valence-corrected chi connectivity index (χ0v) is 10.8. The minimum absolute atomic E-state index is 0.332. The number of aliphatic hydroxyl groups is 1. The number of nitrogens with one attached hydrogen (secondary N) is 1. The molecule has 4 nitrogen and oxygen atoms in total. The summed E-state index contributed by atoms with van der Waals surface area (Å²) in [5.41, 5.74) is -3.02. The van der Waals surface area contributed by atoms with Gasteiger partial charge in [0, 0.05) is 6.54 Å². The second-order valence-corrected chi connectivity index (χ2v) is 5.35. The van der Waals surface area contributed by atoms with Crippen molar-refractivity contribution in [2.75, 3.05) is 6.54 Å². The van der Waals surface area contributed by atoms with E-state index in [1.165, 1.54) is 0 Å². The Kier molecular flexibility index (Phi) is 5.20. The first-order valence-corrected chi connectivity index (χ1v) is 6.40. The van der Waals surface area contributed by atoms with Crippen molar-refractivity contribution in [1.29, 1.82) is 0 Å². The fraction of sp³-hybridized carbons (Fsp3) is 0.917. The molecule has 0 aliphatic heterocycles. The number of β-amino-alcohol motifs (C(OH)–C–C–N with tert-alkyl or cyclic N) is 1. The highest BCUT2D eigenvalue weighted by Crippen LogP contribution is 2.31. The summed E-state index contributed by atoms with van der Waals surface area (Å²) in [5.74, 6) is -1.66. The van der Waals surface area contributed by atoms with Crippen molar-refractivity contribution < 1.29 is 28.2 Å². The fourth-order valence-corrected chi connectivity index (χ4v) is 2.33. The molecule has 19 heavy (non-hydrogen) atoms. The Morgan fingerprint density at radius 2 is 1.89 bits per heavy atom. The summed E-state index contributed by atoms with van der Waals surface area (Å²) in [4.78, 5) is 10.8. The van der Waals surface area contributed by atoms with Crippen LogP contribution in [0.1, 0.15) is 39.0 Å². The second-order valence-electron chi connectivity index (χ2n) is 5.35. The maximum absolute atomic E-state index is 12.7. The topological polar surface area (TPSA) is 69.6 Å². The normalized spacial score (nSPS) is 22.2. The predicted octanol–water partition coefficient (Wildman–Crippen LogP) is 1.92. The van der Waals surface area contributed by atoms with Gasteiger partial charge in [-0.2, -0.15) is 13.2 Å². The summed E-state index contributed by atoms with van der Waals surface area (Å²) in [6, 6.07) is 0. The van der Waals surface area contributed by atoms with Crippen LogP contribution in [0.2, 0.25) is 0 Å². The molecule has 0 heterocycles. The van der Waals surface area contributed by atoms with Gasteiger partial charge in [-0.1, -0.05) is 25.7 Å². The molecule has 0 spiro atoms. The van der Waals surface area contributed by atoms with Gasteiger partial charge >= 0.3 is 12.1 Å². The van der Waals surface area contributed by atoms with Crippen LogP contribution in [-0.4, -0.2) is 40.5 Å². The van der Waals surface area contributed by atoms with E-state index < -0.39 is 23.8 Å². The minimum Gasteiger partial charge on any atom is -0.480 e. The van der Waals surface area contributed by atoms with E-state index in [0.717, 1.165) is 25.7 Å². The van der Waals surface area contributed by atoms with Crippen LogP contribution < -0.4 is 5.32 Å². The Morgan fingerprint density at radius 1 is 1.37 bits per heavy atom. The van der Waals surface area contributed by atoms with E-state index in [2.05, 4.69) is 0 Å². The first-order chi connectivity index (χ1) is 8.67. The smallest absolute Gasteiger partial charge is 0.417 e. The average molecular weight is 283 g/mol. The van der Waals surface area contributed by atoms with Crippen molar-refractivity contribution in [1.82, 2.24) is 5.32 Å². The van der Waals surface area contributed by atoms with Crippen LogP contribution >= 0.6 is 0 Å². The highest BCUT2D eigenvalue weighted by molar-refractivity contribution is 5.79. The lowest BCUT2D eigenvalue weighted by molar-refractivity contribution is -0.206. The van der Waals surface area contributed by atoms with Crippen molar-refractivity contribution in [3.63, 3.8) is 0 Å².